The van der Waals surface area contributed by atoms with E-state index in [1.54, 1.807) is 0 Å². The van der Waals surface area contributed by atoms with Gasteiger partial charge in [0.2, 0.25) is 5.95 Å². The van der Waals surface area contributed by atoms with Gasteiger partial charge in [0.15, 0.2) is 0 Å². The summed E-state index contributed by atoms with van der Waals surface area (Å²) in [5.41, 5.74) is 1.58. The molecule has 2 rings (SSSR count). The summed E-state index contributed by atoms with van der Waals surface area (Å²) >= 11 is 0. The van der Waals surface area contributed by atoms with E-state index in [4.69, 9.17) is 0 Å². The monoisotopic (exact) mass is 248 g/mol. The zero-order valence-corrected chi connectivity index (χ0v) is 11.7. The van der Waals surface area contributed by atoms with Gasteiger partial charge in [-0.1, -0.05) is 20.3 Å². The van der Waals surface area contributed by atoms with Gasteiger partial charge in [-0.3, -0.25) is 0 Å². The van der Waals surface area contributed by atoms with Crippen molar-refractivity contribution in [2.45, 2.75) is 46.5 Å². The van der Waals surface area contributed by atoms with Crippen LogP contribution in [0.15, 0.2) is 6.20 Å². The van der Waals surface area contributed by atoms with E-state index >= 15 is 0 Å². The number of nitrogens with zero attached hydrogens (tertiary/aromatic N) is 2. The summed E-state index contributed by atoms with van der Waals surface area (Å²) in [7, 11) is 0. The third-order valence-electron chi connectivity index (χ3n) is 3.75. The minimum Gasteiger partial charge on any atom is -0.369 e. The highest BCUT2D eigenvalue weighted by Gasteiger charge is 2.31. The van der Waals surface area contributed by atoms with Crippen LogP contribution in [0.3, 0.4) is 0 Å². The Morgan fingerprint density at radius 3 is 2.72 bits per heavy atom. The molecule has 0 unspecified atom stereocenters. The second kappa shape index (κ2) is 5.55. The van der Waals surface area contributed by atoms with Crippen molar-refractivity contribution in [3.05, 3.63) is 11.8 Å². The van der Waals surface area contributed by atoms with Crippen LogP contribution >= 0.6 is 0 Å². The second-order valence-electron chi connectivity index (χ2n) is 5.67. The van der Waals surface area contributed by atoms with E-state index in [9.17, 15) is 0 Å². The van der Waals surface area contributed by atoms with E-state index in [1.807, 2.05) is 6.20 Å². The Labute approximate surface area is 110 Å². The molecule has 0 bridgehead atoms. The lowest BCUT2D eigenvalue weighted by Gasteiger charge is -2.38. The highest BCUT2D eigenvalue weighted by atomic mass is 15.1. The van der Waals surface area contributed by atoms with Crippen molar-refractivity contribution in [3.63, 3.8) is 0 Å². The predicted molar refractivity (Wildman–Crippen MR) is 76.0 cm³/mol. The van der Waals surface area contributed by atoms with E-state index in [-0.39, 0.29) is 0 Å². The molecular weight excluding hydrogens is 224 g/mol. The van der Waals surface area contributed by atoms with Gasteiger partial charge in [-0.2, -0.15) is 4.98 Å². The summed E-state index contributed by atoms with van der Waals surface area (Å²) in [4.78, 5) is 8.83. The number of rotatable bonds is 6. The van der Waals surface area contributed by atoms with Crippen molar-refractivity contribution in [2.75, 3.05) is 23.7 Å². The number of nitrogens with one attached hydrogen (secondary N) is 2. The van der Waals surface area contributed by atoms with Gasteiger partial charge in [0, 0.05) is 24.8 Å². The largest absolute Gasteiger partial charge is 0.369 e. The van der Waals surface area contributed by atoms with Crippen LogP contribution in [-0.4, -0.2) is 23.1 Å². The summed E-state index contributed by atoms with van der Waals surface area (Å²) in [5.74, 6) is 1.69. The number of hydrogen-bond donors (Lipinski definition) is 2. The van der Waals surface area contributed by atoms with Gasteiger partial charge in [-0.15, -0.1) is 0 Å². The standard InChI is InChI=1S/C14H24N4/c1-4-8-15-13-16-9-11(2)12(18-13)17-10-14(3)6-5-7-14/h9H,4-8,10H2,1-3H3,(H2,15,16,17,18). The number of aryl methyl sites for hydroxylation is 1. The van der Waals surface area contributed by atoms with Crippen LogP contribution in [0.2, 0.25) is 0 Å². The van der Waals surface area contributed by atoms with E-state index in [1.165, 1.54) is 19.3 Å². The molecule has 4 nitrogen and oxygen atoms in total. The van der Waals surface area contributed by atoms with Gasteiger partial charge in [-0.25, -0.2) is 4.98 Å². The number of anilines is 2. The lowest BCUT2D eigenvalue weighted by molar-refractivity contribution is 0.180. The topological polar surface area (TPSA) is 49.8 Å². The molecule has 100 valence electrons. The zero-order valence-electron chi connectivity index (χ0n) is 11.7. The van der Waals surface area contributed by atoms with Crippen molar-refractivity contribution >= 4 is 11.8 Å². The SMILES string of the molecule is CCCNc1ncc(C)c(NCC2(C)CCC2)n1. The van der Waals surface area contributed by atoms with Crippen molar-refractivity contribution < 1.29 is 0 Å². The van der Waals surface area contributed by atoms with Crippen LogP contribution in [0.4, 0.5) is 11.8 Å². The summed E-state index contributed by atoms with van der Waals surface area (Å²) in [6.07, 6.45) is 6.98. The minimum absolute atomic E-state index is 0.467. The van der Waals surface area contributed by atoms with Gasteiger partial charge in [0.1, 0.15) is 5.82 Å². The fourth-order valence-electron chi connectivity index (χ4n) is 2.20. The van der Waals surface area contributed by atoms with Crippen molar-refractivity contribution in [1.82, 2.24) is 9.97 Å². The molecular formula is C14H24N4. The first-order valence-electron chi connectivity index (χ1n) is 6.94. The Morgan fingerprint density at radius 2 is 2.11 bits per heavy atom. The van der Waals surface area contributed by atoms with Gasteiger partial charge >= 0.3 is 0 Å². The van der Waals surface area contributed by atoms with E-state index in [0.717, 1.165) is 36.8 Å². The van der Waals surface area contributed by atoms with Crippen LogP contribution in [0.1, 0.15) is 45.1 Å². The molecule has 1 aliphatic carbocycles. The quantitative estimate of drug-likeness (QED) is 0.811. The predicted octanol–water partition coefficient (Wildman–Crippen LogP) is 3.21. The number of aromatic nitrogens is 2. The van der Waals surface area contributed by atoms with Crippen molar-refractivity contribution in [2.24, 2.45) is 5.41 Å². The molecule has 2 N–H and O–H groups in total. The van der Waals surface area contributed by atoms with Crippen LogP contribution in [0.5, 0.6) is 0 Å². The van der Waals surface area contributed by atoms with Crippen LogP contribution in [0.25, 0.3) is 0 Å². The van der Waals surface area contributed by atoms with Gasteiger partial charge < -0.3 is 10.6 Å². The first kappa shape index (κ1) is 13.1. The van der Waals surface area contributed by atoms with Gasteiger partial charge in [0.05, 0.1) is 0 Å². The highest BCUT2D eigenvalue weighted by molar-refractivity contribution is 5.46. The van der Waals surface area contributed by atoms with Crippen molar-refractivity contribution in [1.29, 1.82) is 0 Å². The minimum atomic E-state index is 0.467. The molecule has 1 saturated carbocycles. The van der Waals surface area contributed by atoms with Gasteiger partial charge in [0.25, 0.3) is 0 Å². The third kappa shape index (κ3) is 3.12. The molecule has 0 aliphatic heterocycles. The first-order chi connectivity index (χ1) is 8.63. The lowest BCUT2D eigenvalue weighted by Crippen LogP contribution is -2.33. The second-order valence-corrected chi connectivity index (χ2v) is 5.67. The average molecular weight is 248 g/mol. The molecule has 0 saturated heterocycles. The molecule has 0 atom stereocenters. The molecule has 4 heteroatoms. The Morgan fingerprint density at radius 1 is 1.33 bits per heavy atom. The molecule has 0 radical (unpaired) electrons. The molecule has 1 heterocycles. The fraction of sp³-hybridized carbons (Fsp3) is 0.714. The molecule has 18 heavy (non-hydrogen) atoms. The zero-order chi connectivity index (χ0) is 13.0. The summed E-state index contributed by atoms with van der Waals surface area (Å²) < 4.78 is 0. The number of hydrogen-bond acceptors (Lipinski definition) is 4. The van der Waals surface area contributed by atoms with Crippen LogP contribution in [0, 0.1) is 12.3 Å². The molecule has 0 spiro atoms. The average Bonchev–Trinajstić information content (AvgIpc) is 2.34. The normalized spacial score (nSPS) is 17.1. The van der Waals surface area contributed by atoms with Crippen LogP contribution < -0.4 is 10.6 Å². The lowest BCUT2D eigenvalue weighted by atomic mass is 9.70. The Bertz CT molecular complexity index is 399. The maximum Gasteiger partial charge on any atom is 0.224 e. The molecule has 1 aromatic heterocycles. The molecule has 1 aromatic rings. The maximum atomic E-state index is 4.54. The maximum absolute atomic E-state index is 4.54. The Hall–Kier alpha value is -1.32. The summed E-state index contributed by atoms with van der Waals surface area (Å²) in [6.45, 7) is 8.46. The van der Waals surface area contributed by atoms with Gasteiger partial charge in [-0.05, 0) is 31.6 Å². The molecule has 1 fully saturated rings. The fourth-order valence-corrected chi connectivity index (χ4v) is 2.20. The van der Waals surface area contributed by atoms with Crippen LogP contribution in [-0.2, 0) is 0 Å². The summed E-state index contributed by atoms with van der Waals surface area (Å²) in [5, 5.41) is 6.71. The molecule has 0 amide bonds. The highest BCUT2D eigenvalue weighted by Crippen LogP contribution is 2.40. The third-order valence-corrected chi connectivity index (χ3v) is 3.75. The smallest absolute Gasteiger partial charge is 0.224 e. The molecule has 0 aromatic carbocycles. The first-order valence-corrected chi connectivity index (χ1v) is 6.94. The van der Waals surface area contributed by atoms with E-state index in [2.05, 4.69) is 41.4 Å². The van der Waals surface area contributed by atoms with E-state index in [0.29, 0.717) is 5.41 Å². The van der Waals surface area contributed by atoms with Crippen molar-refractivity contribution in [3.8, 4) is 0 Å². The molecule has 1 aliphatic rings. The van der Waals surface area contributed by atoms with E-state index < -0.39 is 0 Å². The Balaban J connectivity index is 1.97. The Kier molecular flexibility index (Phi) is 4.04. The summed E-state index contributed by atoms with van der Waals surface area (Å²) in [6, 6.07) is 0.